The zero-order valence-electron chi connectivity index (χ0n) is 11.6. The van der Waals surface area contributed by atoms with Crippen LogP contribution < -0.4 is 10.1 Å². The van der Waals surface area contributed by atoms with Gasteiger partial charge in [0.25, 0.3) is 0 Å². The Morgan fingerprint density at radius 2 is 2.24 bits per heavy atom. The number of aliphatic hydroxyl groups is 1. The first-order chi connectivity index (χ1) is 10.1. The normalized spacial score (nSPS) is 20.2. The molecule has 2 rings (SSSR count). The van der Waals surface area contributed by atoms with Crippen molar-refractivity contribution in [2.75, 3.05) is 39.5 Å². The van der Waals surface area contributed by atoms with Crippen molar-refractivity contribution in [2.45, 2.75) is 12.2 Å². The first kappa shape index (κ1) is 16.8. The van der Waals surface area contributed by atoms with E-state index in [1.807, 2.05) is 0 Å². The molecule has 21 heavy (non-hydrogen) atoms. The third-order valence-electron chi connectivity index (χ3n) is 2.96. The van der Waals surface area contributed by atoms with Crippen LogP contribution in [0.2, 0.25) is 10.0 Å². The van der Waals surface area contributed by atoms with Crippen LogP contribution >= 0.6 is 23.2 Å². The van der Waals surface area contributed by atoms with Gasteiger partial charge < -0.3 is 24.6 Å². The SMILES string of the molecule is OC(CNCC1COCCO1)COc1ccc(Cl)cc1Cl. The summed E-state index contributed by atoms with van der Waals surface area (Å²) in [4.78, 5) is 0. The molecule has 1 saturated heterocycles. The molecule has 0 amide bonds. The molecular formula is C14H19Cl2NO4. The molecule has 0 radical (unpaired) electrons. The molecule has 1 fully saturated rings. The number of halogens is 2. The highest BCUT2D eigenvalue weighted by Crippen LogP contribution is 2.27. The molecule has 0 aliphatic carbocycles. The summed E-state index contributed by atoms with van der Waals surface area (Å²) in [5.41, 5.74) is 0. The lowest BCUT2D eigenvalue weighted by atomic mass is 10.3. The fourth-order valence-corrected chi connectivity index (χ4v) is 2.37. The van der Waals surface area contributed by atoms with Crippen molar-refractivity contribution in [3.8, 4) is 5.75 Å². The highest BCUT2D eigenvalue weighted by molar-refractivity contribution is 6.35. The largest absolute Gasteiger partial charge is 0.489 e. The van der Waals surface area contributed by atoms with Crippen LogP contribution in [0.15, 0.2) is 18.2 Å². The molecule has 1 aromatic rings. The molecule has 1 heterocycles. The highest BCUT2D eigenvalue weighted by Gasteiger charge is 2.14. The van der Waals surface area contributed by atoms with Crippen LogP contribution in [0.5, 0.6) is 5.75 Å². The fourth-order valence-electron chi connectivity index (χ4n) is 1.90. The Kier molecular flexibility index (Phi) is 7.03. The van der Waals surface area contributed by atoms with Gasteiger partial charge in [0, 0.05) is 18.1 Å². The van der Waals surface area contributed by atoms with Gasteiger partial charge >= 0.3 is 0 Å². The van der Waals surface area contributed by atoms with Gasteiger partial charge in [-0.15, -0.1) is 0 Å². The van der Waals surface area contributed by atoms with Gasteiger partial charge in [-0.25, -0.2) is 0 Å². The zero-order chi connectivity index (χ0) is 15.1. The molecule has 0 spiro atoms. The molecular weight excluding hydrogens is 317 g/mol. The summed E-state index contributed by atoms with van der Waals surface area (Å²) in [5, 5.41) is 14.0. The Bertz CT molecular complexity index is 441. The average Bonchev–Trinajstić information content (AvgIpc) is 2.47. The van der Waals surface area contributed by atoms with Crippen LogP contribution in [-0.2, 0) is 9.47 Å². The third-order valence-corrected chi connectivity index (χ3v) is 3.49. The van der Waals surface area contributed by atoms with Gasteiger partial charge in [-0.2, -0.15) is 0 Å². The maximum absolute atomic E-state index is 9.86. The van der Waals surface area contributed by atoms with Crippen LogP contribution in [0.25, 0.3) is 0 Å². The monoisotopic (exact) mass is 335 g/mol. The summed E-state index contributed by atoms with van der Waals surface area (Å²) in [6.07, 6.45) is -0.598. The average molecular weight is 336 g/mol. The summed E-state index contributed by atoms with van der Waals surface area (Å²) < 4.78 is 16.2. The van der Waals surface area contributed by atoms with Gasteiger partial charge in [0.1, 0.15) is 18.5 Å². The lowest BCUT2D eigenvalue weighted by Gasteiger charge is -2.23. The molecule has 1 aliphatic rings. The minimum Gasteiger partial charge on any atom is -0.489 e. The van der Waals surface area contributed by atoms with Crippen molar-refractivity contribution in [3.63, 3.8) is 0 Å². The number of rotatable bonds is 7. The van der Waals surface area contributed by atoms with Crippen LogP contribution in [0.4, 0.5) is 0 Å². The summed E-state index contributed by atoms with van der Waals surface area (Å²) in [6.45, 7) is 3.04. The van der Waals surface area contributed by atoms with Crippen LogP contribution in [0, 0.1) is 0 Å². The Morgan fingerprint density at radius 3 is 2.95 bits per heavy atom. The van der Waals surface area contributed by atoms with Crippen LogP contribution in [-0.4, -0.2) is 56.8 Å². The summed E-state index contributed by atoms with van der Waals surface area (Å²) in [6, 6.07) is 4.97. The van der Waals surface area contributed by atoms with Crippen LogP contribution in [0.3, 0.4) is 0 Å². The van der Waals surface area contributed by atoms with Crippen LogP contribution in [0.1, 0.15) is 0 Å². The van der Waals surface area contributed by atoms with E-state index in [4.69, 9.17) is 37.4 Å². The van der Waals surface area contributed by atoms with Gasteiger partial charge in [0.15, 0.2) is 0 Å². The molecule has 2 unspecified atom stereocenters. The first-order valence-electron chi connectivity index (χ1n) is 6.81. The van der Waals surface area contributed by atoms with E-state index in [-0.39, 0.29) is 12.7 Å². The predicted molar refractivity (Wildman–Crippen MR) is 81.4 cm³/mol. The smallest absolute Gasteiger partial charge is 0.138 e. The highest BCUT2D eigenvalue weighted by atomic mass is 35.5. The Balaban J connectivity index is 1.63. The number of nitrogens with one attached hydrogen (secondary N) is 1. The van der Waals surface area contributed by atoms with Crippen molar-refractivity contribution in [1.29, 1.82) is 0 Å². The Morgan fingerprint density at radius 1 is 1.38 bits per heavy atom. The van der Waals surface area contributed by atoms with E-state index in [2.05, 4.69) is 5.32 Å². The predicted octanol–water partition coefficient (Wildman–Crippen LogP) is 1.74. The van der Waals surface area contributed by atoms with Gasteiger partial charge in [-0.3, -0.25) is 0 Å². The molecule has 2 N–H and O–H groups in total. The molecule has 5 nitrogen and oxygen atoms in total. The molecule has 7 heteroatoms. The Hall–Kier alpha value is -0.560. The van der Waals surface area contributed by atoms with Crippen molar-refractivity contribution < 1.29 is 19.3 Å². The lowest BCUT2D eigenvalue weighted by molar-refractivity contribution is -0.0869. The minimum absolute atomic E-state index is 0.0394. The van der Waals surface area contributed by atoms with Gasteiger partial charge in [-0.05, 0) is 18.2 Å². The second-order valence-electron chi connectivity index (χ2n) is 4.77. The zero-order valence-corrected chi connectivity index (χ0v) is 13.1. The second-order valence-corrected chi connectivity index (χ2v) is 5.61. The minimum atomic E-state index is -0.638. The Labute approximate surface area is 134 Å². The summed E-state index contributed by atoms with van der Waals surface area (Å²) >= 11 is 11.8. The van der Waals surface area contributed by atoms with Crippen molar-refractivity contribution in [2.24, 2.45) is 0 Å². The lowest BCUT2D eigenvalue weighted by Crippen LogP contribution is -2.41. The molecule has 118 valence electrons. The molecule has 0 saturated carbocycles. The maximum Gasteiger partial charge on any atom is 0.138 e. The van der Waals surface area contributed by atoms with Gasteiger partial charge in [-0.1, -0.05) is 23.2 Å². The number of benzene rings is 1. The van der Waals surface area contributed by atoms with E-state index in [1.165, 1.54) is 0 Å². The van der Waals surface area contributed by atoms with E-state index in [0.29, 0.717) is 48.7 Å². The van der Waals surface area contributed by atoms with Crippen molar-refractivity contribution in [3.05, 3.63) is 28.2 Å². The second kappa shape index (κ2) is 8.78. The number of hydrogen-bond acceptors (Lipinski definition) is 5. The van der Waals surface area contributed by atoms with Crippen molar-refractivity contribution >= 4 is 23.2 Å². The summed E-state index contributed by atoms with van der Waals surface area (Å²) in [5.74, 6) is 0.504. The molecule has 2 atom stereocenters. The summed E-state index contributed by atoms with van der Waals surface area (Å²) in [7, 11) is 0. The molecule has 1 aliphatic heterocycles. The first-order valence-corrected chi connectivity index (χ1v) is 7.56. The molecule has 0 aromatic heterocycles. The fraction of sp³-hybridized carbons (Fsp3) is 0.571. The number of hydrogen-bond donors (Lipinski definition) is 2. The standard InChI is InChI=1S/C14H19Cl2NO4/c15-10-1-2-14(13(16)5-10)21-8-11(18)6-17-7-12-9-19-3-4-20-12/h1-2,5,11-12,17-18H,3-4,6-9H2. The third kappa shape index (κ3) is 5.98. The van der Waals surface area contributed by atoms with E-state index >= 15 is 0 Å². The quantitative estimate of drug-likeness (QED) is 0.794. The van der Waals surface area contributed by atoms with E-state index in [1.54, 1.807) is 18.2 Å². The van der Waals surface area contributed by atoms with E-state index < -0.39 is 6.10 Å². The molecule has 1 aromatic carbocycles. The topological polar surface area (TPSA) is 60.0 Å². The van der Waals surface area contributed by atoms with E-state index in [0.717, 1.165) is 0 Å². The van der Waals surface area contributed by atoms with Crippen molar-refractivity contribution in [1.82, 2.24) is 5.32 Å². The van der Waals surface area contributed by atoms with E-state index in [9.17, 15) is 5.11 Å². The van der Waals surface area contributed by atoms with Gasteiger partial charge in [0.05, 0.1) is 30.9 Å². The molecule has 0 bridgehead atoms. The number of ether oxygens (including phenoxy) is 3. The maximum atomic E-state index is 9.86. The van der Waals surface area contributed by atoms with Gasteiger partial charge in [0.2, 0.25) is 0 Å². The number of aliphatic hydroxyl groups excluding tert-OH is 1.